The van der Waals surface area contributed by atoms with Crippen LogP contribution in [0.5, 0.6) is 0 Å². The van der Waals surface area contributed by atoms with Crippen molar-refractivity contribution in [3.63, 3.8) is 0 Å². The number of allylic oxidation sites excluding steroid dienone is 1. The number of fused-ring (bicyclic) bond motifs is 4. The SMILES string of the molecule is C=CC(=C)N1CC2CN(C(C)(C)C)CC2C1.C=CC(=O)N1CC2CCN(C(C)(C)C)C2C1.C=CC(=O)N1CCC2(CCN(C(C)(C)C)C2)C1.C=CC(=O)N1CCC2CCN(C(C)(C)C)C2C1.C=CC(=O)N1CCC2CN(C(C)(C)C)CC21.C=CC(=O)N1CCCC2(CCN(C(C)(C)C)C2)C1. The molecule has 0 aromatic heterocycles. The Morgan fingerprint density at radius 3 is 1.14 bits per heavy atom. The first-order valence-electron chi connectivity index (χ1n) is 38.6. The second-order valence-electron chi connectivity index (χ2n) is 37.8. The van der Waals surface area contributed by atoms with Crippen molar-refractivity contribution in [1.82, 2.24) is 58.8 Å². The van der Waals surface area contributed by atoms with Crippen LogP contribution >= 0.6 is 0 Å². The second-order valence-corrected chi connectivity index (χ2v) is 37.8. The molecule has 17 nitrogen and oxygen atoms in total. The highest BCUT2D eigenvalue weighted by Crippen LogP contribution is 2.45. The van der Waals surface area contributed by atoms with Gasteiger partial charge in [-0.2, -0.15) is 0 Å². The van der Waals surface area contributed by atoms with Gasteiger partial charge in [-0.3, -0.25) is 53.4 Å². The van der Waals surface area contributed by atoms with Gasteiger partial charge in [0.1, 0.15) is 0 Å². The third kappa shape index (κ3) is 20.5. The topological polar surface area (TPSA) is 124 Å². The molecule has 12 saturated heterocycles. The van der Waals surface area contributed by atoms with E-state index in [4.69, 9.17) is 0 Å². The molecule has 0 N–H and O–H groups in total. The maximum Gasteiger partial charge on any atom is 0.246 e. The van der Waals surface area contributed by atoms with Crippen LogP contribution < -0.4 is 0 Å². The molecule has 12 aliphatic heterocycles. The van der Waals surface area contributed by atoms with Crippen molar-refractivity contribution in [1.29, 1.82) is 0 Å². The lowest BCUT2D eigenvalue weighted by Gasteiger charge is -2.43. The van der Waals surface area contributed by atoms with Gasteiger partial charge in [0.15, 0.2) is 0 Å². The minimum atomic E-state index is 0.0864. The van der Waals surface area contributed by atoms with Crippen LogP contribution in [-0.2, 0) is 24.0 Å². The molecule has 0 aromatic rings. The fourth-order valence-electron chi connectivity index (χ4n) is 18.7. The monoisotopic (exact) mass is 1390 g/mol. The first-order chi connectivity index (χ1) is 46.4. The first-order valence-corrected chi connectivity index (χ1v) is 38.6. The molecule has 0 saturated carbocycles. The highest BCUT2D eigenvalue weighted by Gasteiger charge is 2.51. The van der Waals surface area contributed by atoms with Crippen LogP contribution in [0.1, 0.15) is 182 Å². The van der Waals surface area contributed by atoms with E-state index in [-0.39, 0.29) is 57.2 Å². The lowest BCUT2D eigenvalue weighted by atomic mass is 9.79. The van der Waals surface area contributed by atoms with E-state index < -0.39 is 0 Å². The molecule has 12 rings (SSSR count). The van der Waals surface area contributed by atoms with Crippen molar-refractivity contribution in [3.05, 3.63) is 88.2 Å². The second kappa shape index (κ2) is 33.0. The van der Waals surface area contributed by atoms with Crippen LogP contribution in [0.15, 0.2) is 88.2 Å². The molecule has 12 fully saturated rings. The van der Waals surface area contributed by atoms with Crippen molar-refractivity contribution >= 4 is 29.5 Å². The summed E-state index contributed by atoms with van der Waals surface area (Å²) in [6.07, 6.45) is 19.9. The van der Waals surface area contributed by atoms with Crippen molar-refractivity contribution < 1.29 is 24.0 Å². The molecule has 0 aliphatic carbocycles. The Kier molecular flexibility index (Phi) is 27.2. The standard InChI is InChI=1S/C15H26N2O.2C14H24N2O.C14H24N2.2C13H22N2O/c1-5-13(18)16-9-6-7-15(11-16)8-10-17(12-15)14(2,3)4;1-5-12(17)15-8-6-14(10-15)7-9-16(11-14)13(2,3)4;1-5-13(17)15-8-6-11-7-9-16(12(11)10-15)14(2,3)4;1-6-11(2)15-7-12-9-16(14(3,4)5)10-13(12)8-15;1-5-12(16)15-7-6-10-8-14(9-11(10)15)13(2,3)4;1-5-12(16)14-8-10-6-7-15(11(10)9-14)13(2,3)4/h5H,1,6-12H2,2-4H3;5H,1,6-11H2,2-4H3;5,11-12H,1,6-10H2,2-4H3;6,12-13H,1-2,7-10H2,3-5H3;2*5,10-11H,1,6-9H2,2-4H3. The van der Waals surface area contributed by atoms with Crippen molar-refractivity contribution in [2.24, 2.45) is 40.4 Å². The summed E-state index contributed by atoms with van der Waals surface area (Å²) in [6.45, 7) is 88.7. The molecule has 10 atom stereocenters. The van der Waals surface area contributed by atoms with E-state index in [0.29, 0.717) is 46.3 Å². The molecule has 12 heterocycles. The zero-order valence-electron chi connectivity index (χ0n) is 66.7. The highest BCUT2D eigenvalue weighted by molar-refractivity contribution is 5.89. The fraction of sp³-hybridized carbons (Fsp3) is 0.771. The van der Waals surface area contributed by atoms with Gasteiger partial charge in [-0.15, -0.1) is 0 Å². The molecular weight excluding hydrogens is 1240 g/mol. The van der Waals surface area contributed by atoms with Crippen molar-refractivity contribution in [2.75, 3.05) is 137 Å². The van der Waals surface area contributed by atoms with Crippen molar-refractivity contribution in [2.45, 2.75) is 234 Å². The number of carbonyl (C=O) groups excluding carboxylic acids is 5. The van der Waals surface area contributed by atoms with Crippen LogP contribution in [0.3, 0.4) is 0 Å². The van der Waals surface area contributed by atoms with Crippen LogP contribution in [0, 0.1) is 40.4 Å². The van der Waals surface area contributed by atoms with Crippen LogP contribution in [0.25, 0.3) is 0 Å². The lowest BCUT2D eigenvalue weighted by molar-refractivity contribution is -0.129. The van der Waals surface area contributed by atoms with Gasteiger partial charge in [0.05, 0.1) is 0 Å². The molecule has 5 amide bonds. The number of rotatable bonds is 7. The molecule has 0 radical (unpaired) electrons. The molecule has 12 aliphatic rings. The first kappa shape index (κ1) is 82.4. The van der Waals surface area contributed by atoms with Gasteiger partial charge in [0.2, 0.25) is 29.5 Å². The fourth-order valence-corrected chi connectivity index (χ4v) is 18.7. The molecule has 100 heavy (non-hydrogen) atoms. The number of carbonyl (C=O) groups is 5. The molecule has 2 spiro atoms. The Morgan fingerprint density at radius 1 is 0.310 bits per heavy atom. The number of piperidine rings is 2. The van der Waals surface area contributed by atoms with Gasteiger partial charge >= 0.3 is 0 Å². The Balaban J connectivity index is 0.000000169. The van der Waals surface area contributed by atoms with Gasteiger partial charge < -0.3 is 29.4 Å². The Bertz CT molecular complexity index is 2890. The molecular formula is C83H142N12O5. The van der Waals surface area contributed by atoms with Crippen LogP contribution in [0.4, 0.5) is 0 Å². The summed E-state index contributed by atoms with van der Waals surface area (Å²) in [5.74, 6) is 4.25. The molecule has 10 unspecified atom stereocenters. The Morgan fingerprint density at radius 2 is 0.680 bits per heavy atom. The predicted octanol–water partition coefficient (Wildman–Crippen LogP) is 11.4. The van der Waals surface area contributed by atoms with E-state index in [1.807, 2.05) is 30.6 Å². The van der Waals surface area contributed by atoms with Crippen LogP contribution in [0.2, 0.25) is 0 Å². The Hall–Kier alpha value is -4.91. The van der Waals surface area contributed by atoms with E-state index in [0.717, 1.165) is 134 Å². The third-order valence-electron chi connectivity index (χ3n) is 25.0. The maximum absolute atomic E-state index is 11.8. The normalized spacial score (nSPS) is 30.3. The van der Waals surface area contributed by atoms with Gasteiger partial charge in [0, 0.05) is 179 Å². The highest BCUT2D eigenvalue weighted by atomic mass is 16.2. The lowest BCUT2D eigenvalue weighted by Crippen LogP contribution is -2.54. The average molecular weight is 1390 g/mol. The zero-order valence-corrected chi connectivity index (χ0v) is 66.7. The van der Waals surface area contributed by atoms with E-state index >= 15 is 0 Å². The summed E-state index contributed by atoms with van der Waals surface area (Å²) in [6, 6.07) is 1.53. The molecule has 17 heteroatoms. The zero-order chi connectivity index (χ0) is 74.5. The van der Waals surface area contributed by atoms with E-state index in [1.54, 1.807) is 0 Å². The van der Waals surface area contributed by atoms with E-state index in [2.05, 4.69) is 205 Å². The van der Waals surface area contributed by atoms with E-state index in [9.17, 15) is 24.0 Å². The number of nitrogens with zero attached hydrogens (tertiary/aromatic N) is 12. The molecule has 0 aromatic carbocycles. The minimum absolute atomic E-state index is 0.0864. The molecule has 564 valence electrons. The smallest absolute Gasteiger partial charge is 0.246 e. The van der Waals surface area contributed by atoms with Crippen molar-refractivity contribution in [3.8, 4) is 0 Å². The largest absolute Gasteiger partial charge is 0.371 e. The van der Waals surface area contributed by atoms with Crippen LogP contribution in [-0.4, -0.2) is 277 Å². The summed E-state index contributed by atoms with van der Waals surface area (Å²) in [4.78, 5) is 86.0. The summed E-state index contributed by atoms with van der Waals surface area (Å²) < 4.78 is 0. The minimum Gasteiger partial charge on any atom is -0.371 e. The number of likely N-dealkylation sites (tertiary alicyclic amines) is 12. The summed E-state index contributed by atoms with van der Waals surface area (Å²) >= 11 is 0. The molecule has 0 bridgehead atoms. The quantitative estimate of drug-likeness (QED) is 0.178. The number of amides is 5. The van der Waals surface area contributed by atoms with Gasteiger partial charge in [-0.25, -0.2) is 0 Å². The van der Waals surface area contributed by atoms with E-state index in [1.165, 1.54) is 115 Å². The summed E-state index contributed by atoms with van der Waals surface area (Å²) in [5.41, 5.74) is 3.24. The van der Waals surface area contributed by atoms with Gasteiger partial charge in [-0.1, -0.05) is 46.1 Å². The summed E-state index contributed by atoms with van der Waals surface area (Å²) in [7, 11) is 0. The van der Waals surface area contributed by atoms with Gasteiger partial charge in [-0.05, 0) is 275 Å². The third-order valence-corrected chi connectivity index (χ3v) is 25.0. The maximum atomic E-state index is 11.8. The summed E-state index contributed by atoms with van der Waals surface area (Å²) in [5, 5.41) is 0. The number of hydrogen-bond acceptors (Lipinski definition) is 12. The van der Waals surface area contributed by atoms with Gasteiger partial charge in [0.25, 0.3) is 0 Å². The Labute approximate surface area is 609 Å². The number of hydrogen-bond donors (Lipinski definition) is 0. The average Bonchev–Trinajstić information content (AvgIpc) is 1.64. The predicted molar refractivity (Wildman–Crippen MR) is 413 cm³/mol.